The van der Waals surface area contributed by atoms with Crippen molar-refractivity contribution in [2.45, 2.75) is 13.8 Å². The van der Waals surface area contributed by atoms with E-state index in [0.29, 0.717) is 16.5 Å². The topological polar surface area (TPSA) is 67.2 Å². The molecule has 7 heteroatoms. The first kappa shape index (κ1) is 24.9. The lowest BCUT2D eigenvalue weighted by Gasteiger charge is -2.21. The van der Waals surface area contributed by atoms with Crippen molar-refractivity contribution in [3.8, 4) is 16.9 Å². The number of nitrogens with one attached hydrogen (secondary N) is 1. The zero-order valence-corrected chi connectivity index (χ0v) is 21.0. The molecule has 1 aromatic heterocycles. The van der Waals surface area contributed by atoms with E-state index >= 15 is 0 Å². The number of imidazole rings is 1. The number of carbonyl (C=O) groups excluding carboxylic acids is 2. The van der Waals surface area contributed by atoms with Crippen molar-refractivity contribution < 1.29 is 9.59 Å². The van der Waals surface area contributed by atoms with Gasteiger partial charge in [0.15, 0.2) is 0 Å². The summed E-state index contributed by atoms with van der Waals surface area (Å²) in [5.41, 5.74) is 5.12. The van der Waals surface area contributed by atoms with Crippen molar-refractivity contribution >= 4 is 29.4 Å². The van der Waals surface area contributed by atoms with Crippen LogP contribution in [0.3, 0.4) is 0 Å². The van der Waals surface area contributed by atoms with Gasteiger partial charge in [-0.15, -0.1) is 6.58 Å². The zero-order valence-electron chi connectivity index (χ0n) is 20.2. The molecule has 0 unspecified atom stereocenters. The Morgan fingerprint density at radius 3 is 2.28 bits per heavy atom. The van der Waals surface area contributed by atoms with E-state index in [0.717, 1.165) is 28.1 Å². The molecule has 36 heavy (non-hydrogen) atoms. The van der Waals surface area contributed by atoms with Crippen LogP contribution in [-0.2, 0) is 4.79 Å². The average molecular weight is 499 g/mol. The quantitative estimate of drug-likeness (QED) is 0.299. The largest absolute Gasteiger partial charge is 0.326 e. The monoisotopic (exact) mass is 498 g/mol. The molecule has 0 bridgehead atoms. The molecule has 0 saturated carbocycles. The van der Waals surface area contributed by atoms with Gasteiger partial charge in [0, 0.05) is 24.0 Å². The first-order valence-corrected chi connectivity index (χ1v) is 11.9. The normalized spacial score (nSPS) is 10.6. The minimum Gasteiger partial charge on any atom is -0.326 e. The van der Waals surface area contributed by atoms with Crippen LogP contribution >= 0.6 is 11.6 Å². The van der Waals surface area contributed by atoms with Crippen molar-refractivity contribution in [2.24, 2.45) is 0 Å². The summed E-state index contributed by atoms with van der Waals surface area (Å²) in [6.45, 7) is 7.77. The van der Waals surface area contributed by atoms with E-state index in [2.05, 4.69) is 11.9 Å². The third kappa shape index (κ3) is 5.73. The molecule has 0 spiro atoms. The Morgan fingerprint density at radius 1 is 1.00 bits per heavy atom. The van der Waals surface area contributed by atoms with Crippen LogP contribution in [-0.4, -0.2) is 39.4 Å². The van der Waals surface area contributed by atoms with Crippen molar-refractivity contribution in [2.75, 3.05) is 18.4 Å². The number of hydrogen-bond acceptors (Lipinski definition) is 3. The summed E-state index contributed by atoms with van der Waals surface area (Å²) in [5.74, 6) is -0.368. The van der Waals surface area contributed by atoms with Crippen LogP contribution in [0.4, 0.5) is 5.95 Å². The number of halogens is 1. The first-order chi connectivity index (χ1) is 17.4. The molecule has 1 N–H and O–H groups in total. The Balaban J connectivity index is 1.62. The smallest absolute Gasteiger partial charge is 0.256 e. The lowest BCUT2D eigenvalue weighted by molar-refractivity contribution is -0.116. The maximum atomic E-state index is 13.1. The molecule has 4 rings (SSSR count). The Morgan fingerprint density at radius 2 is 1.64 bits per heavy atom. The first-order valence-electron chi connectivity index (χ1n) is 11.5. The van der Waals surface area contributed by atoms with Gasteiger partial charge in [-0.1, -0.05) is 77.3 Å². The van der Waals surface area contributed by atoms with Crippen LogP contribution in [0.1, 0.15) is 21.5 Å². The molecule has 6 nitrogen and oxygen atoms in total. The van der Waals surface area contributed by atoms with E-state index in [9.17, 15) is 9.59 Å². The van der Waals surface area contributed by atoms with Crippen molar-refractivity contribution in [1.29, 1.82) is 0 Å². The molecule has 0 atom stereocenters. The van der Waals surface area contributed by atoms with Gasteiger partial charge >= 0.3 is 0 Å². The van der Waals surface area contributed by atoms with Crippen LogP contribution in [0.2, 0.25) is 5.02 Å². The fourth-order valence-electron chi connectivity index (χ4n) is 3.75. The summed E-state index contributed by atoms with van der Waals surface area (Å²) < 4.78 is 1.83. The maximum Gasteiger partial charge on any atom is 0.256 e. The summed E-state index contributed by atoms with van der Waals surface area (Å²) in [5, 5.41) is 3.22. The second-order valence-electron chi connectivity index (χ2n) is 8.52. The predicted octanol–water partition coefficient (Wildman–Crippen LogP) is 6.08. The number of benzene rings is 3. The number of aromatic nitrogens is 2. The highest BCUT2D eigenvalue weighted by Gasteiger charge is 2.21. The van der Waals surface area contributed by atoms with Crippen LogP contribution in [0.15, 0.2) is 91.6 Å². The highest BCUT2D eigenvalue weighted by Crippen LogP contribution is 2.25. The van der Waals surface area contributed by atoms with Crippen molar-refractivity contribution in [1.82, 2.24) is 14.5 Å². The van der Waals surface area contributed by atoms with E-state index in [1.807, 2.05) is 73.1 Å². The minimum absolute atomic E-state index is 0.184. The van der Waals surface area contributed by atoms with Gasteiger partial charge in [-0.05, 0) is 38.1 Å². The Labute approximate surface area is 215 Å². The SMILES string of the molecule is C=CCN(CC(=O)Nc1nc(-c2ccc(C)cc2)cn1-c1ccc(C)cc1)C(=O)c1ccccc1Cl. The molecule has 0 aliphatic carbocycles. The number of carbonyl (C=O) groups is 2. The summed E-state index contributed by atoms with van der Waals surface area (Å²) in [6, 6.07) is 22.7. The Bertz CT molecular complexity index is 1390. The molecule has 0 aliphatic heterocycles. The number of rotatable bonds is 8. The number of nitrogens with zero attached hydrogens (tertiary/aromatic N) is 3. The van der Waals surface area contributed by atoms with Gasteiger partial charge in [0.05, 0.1) is 16.3 Å². The van der Waals surface area contributed by atoms with Gasteiger partial charge in [-0.2, -0.15) is 0 Å². The van der Waals surface area contributed by atoms with Gasteiger partial charge in [-0.25, -0.2) is 4.98 Å². The van der Waals surface area contributed by atoms with E-state index in [-0.39, 0.29) is 24.9 Å². The van der Waals surface area contributed by atoms with Gasteiger partial charge < -0.3 is 4.90 Å². The Hall–Kier alpha value is -4.16. The van der Waals surface area contributed by atoms with Crippen molar-refractivity contribution in [3.63, 3.8) is 0 Å². The molecular formula is C29H27ClN4O2. The molecule has 1 heterocycles. The van der Waals surface area contributed by atoms with Crippen LogP contribution in [0, 0.1) is 13.8 Å². The molecule has 4 aromatic rings. The van der Waals surface area contributed by atoms with E-state index in [1.54, 1.807) is 30.3 Å². The van der Waals surface area contributed by atoms with Crippen LogP contribution < -0.4 is 5.32 Å². The molecule has 182 valence electrons. The molecule has 0 fully saturated rings. The number of hydrogen-bond donors (Lipinski definition) is 1. The van der Waals surface area contributed by atoms with E-state index in [1.165, 1.54) is 4.90 Å². The standard InChI is InChI=1S/C29H27ClN4O2/c1-4-17-33(28(36)24-7-5-6-8-25(24)30)19-27(35)32-29-31-26(22-13-9-20(2)10-14-22)18-34(29)23-15-11-21(3)12-16-23/h4-16,18H,1,17,19H2,2-3H3,(H,31,32,35). The molecule has 2 amide bonds. The molecule has 0 radical (unpaired) electrons. The lowest BCUT2D eigenvalue weighted by Crippen LogP contribution is -2.38. The molecule has 0 aliphatic rings. The molecule has 0 saturated heterocycles. The summed E-state index contributed by atoms with van der Waals surface area (Å²) in [7, 11) is 0. The predicted molar refractivity (Wildman–Crippen MR) is 145 cm³/mol. The average Bonchev–Trinajstić information content (AvgIpc) is 3.28. The lowest BCUT2D eigenvalue weighted by atomic mass is 10.1. The fourth-order valence-corrected chi connectivity index (χ4v) is 3.97. The second kappa shape index (κ2) is 11.1. The third-order valence-electron chi connectivity index (χ3n) is 5.69. The number of aryl methyl sites for hydroxylation is 2. The summed E-state index contributed by atoms with van der Waals surface area (Å²) >= 11 is 6.21. The van der Waals surface area contributed by atoms with Crippen LogP contribution in [0.5, 0.6) is 0 Å². The van der Waals surface area contributed by atoms with E-state index < -0.39 is 0 Å². The summed E-state index contributed by atoms with van der Waals surface area (Å²) in [4.78, 5) is 32.3. The zero-order chi connectivity index (χ0) is 25.7. The van der Waals surface area contributed by atoms with Crippen molar-refractivity contribution in [3.05, 3.63) is 113 Å². The maximum absolute atomic E-state index is 13.1. The summed E-state index contributed by atoms with van der Waals surface area (Å²) in [6.07, 6.45) is 3.46. The fraction of sp³-hybridized carbons (Fsp3) is 0.138. The minimum atomic E-state index is -0.383. The van der Waals surface area contributed by atoms with Crippen LogP contribution in [0.25, 0.3) is 16.9 Å². The molecular weight excluding hydrogens is 472 g/mol. The highest BCUT2D eigenvalue weighted by molar-refractivity contribution is 6.33. The second-order valence-corrected chi connectivity index (χ2v) is 8.93. The third-order valence-corrected chi connectivity index (χ3v) is 6.02. The number of anilines is 1. The van der Waals surface area contributed by atoms with E-state index in [4.69, 9.17) is 16.6 Å². The molecule has 3 aromatic carbocycles. The van der Waals surface area contributed by atoms with Gasteiger partial charge in [0.2, 0.25) is 11.9 Å². The van der Waals surface area contributed by atoms with Gasteiger partial charge in [0.1, 0.15) is 6.54 Å². The Kier molecular flexibility index (Phi) is 7.66. The van der Waals surface area contributed by atoms with Gasteiger partial charge in [0.25, 0.3) is 5.91 Å². The highest BCUT2D eigenvalue weighted by atomic mass is 35.5. The van der Waals surface area contributed by atoms with Gasteiger partial charge in [-0.3, -0.25) is 19.5 Å². The number of amides is 2.